The molecule has 1 aliphatic heterocycles. The summed E-state index contributed by atoms with van der Waals surface area (Å²) >= 11 is 3.18. The van der Waals surface area contributed by atoms with Crippen LogP contribution in [0, 0.1) is 5.82 Å². The molecule has 0 spiro atoms. The first-order valence-corrected chi connectivity index (χ1v) is 9.37. The molecule has 0 atom stereocenters. The van der Waals surface area contributed by atoms with Crippen LogP contribution in [0.15, 0.2) is 16.7 Å². The van der Waals surface area contributed by atoms with Crippen LogP contribution in [0.5, 0.6) is 0 Å². The van der Waals surface area contributed by atoms with E-state index in [0.29, 0.717) is 36.2 Å². The highest BCUT2D eigenvalue weighted by molar-refractivity contribution is 9.10. The number of rotatable bonds is 4. The van der Waals surface area contributed by atoms with Gasteiger partial charge in [-0.05, 0) is 47.7 Å². The van der Waals surface area contributed by atoms with Gasteiger partial charge < -0.3 is 4.90 Å². The van der Waals surface area contributed by atoms with E-state index in [1.54, 1.807) is 6.20 Å². The number of hydrogen-bond donors (Lipinski definition) is 1. The van der Waals surface area contributed by atoms with Gasteiger partial charge in [-0.2, -0.15) is 0 Å². The normalized spacial score (nSPS) is 20.8. The lowest BCUT2D eigenvalue weighted by Crippen LogP contribution is -2.46. The van der Waals surface area contributed by atoms with Crippen molar-refractivity contribution in [2.75, 3.05) is 18.0 Å². The predicted octanol–water partition coefficient (Wildman–Crippen LogP) is 2.03. The highest BCUT2D eigenvalue weighted by Crippen LogP contribution is 2.29. The van der Waals surface area contributed by atoms with Crippen molar-refractivity contribution in [2.45, 2.75) is 37.0 Å². The van der Waals surface area contributed by atoms with E-state index in [0.717, 1.165) is 12.8 Å². The van der Waals surface area contributed by atoms with Crippen LogP contribution < -0.4 is 9.62 Å². The molecule has 2 aliphatic rings. The van der Waals surface area contributed by atoms with E-state index in [1.165, 1.54) is 6.07 Å². The smallest absolute Gasteiger partial charge is 0.214 e. The van der Waals surface area contributed by atoms with Gasteiger partial charge in [-0.3, -0.25) is 0 Å². The van der Waals surface area contributed by atoms with Crippen LogP contribution in [0.4, 0.5) is 10.2 Å². The number of piperidine rings is 1. The molecular weight excluding hydrogens is 361 g/mol. The summed E-state index contributed by atoms with van der Waals surface area (Å²) in [4.78, 5) is 5.97. The summed E-state index contributed by atoms with van der Waals surface area (Å²) < 4.78 is 41.1. The van der Waals surface area contributed by atoms with Gasteiger partial charge in [0.2, 0.25) is 10.0 Å². The van der Waals surface area contributed by atoms with E-state index in [9.17, 15) is 12.8 Å². The van der Waals surface area contributed by atoms with Gasteiger partial charge in [-0.15, -0.1) is 0 Å². The molecule has 1 saturated heterocycles. The number of aromatic nitrogens is 1. The third-order valence-corrected chi connectivity index (χ3v) is 6.32. The Balaban J connectivity index is 1.60. The van der Waals surface area contributed by atoms with Gasteiger partial charge in [-0.1, -0.05) is 0 Å². The Hall–Kier alpha value is -0.730. The monoisotopic (exact) mass is 377 g/mol. The average Bonchev–Trinajstić information content (AvgIpc) is 3.24. The Bertz CT molecular complexity index is 628. The fraction of sp³-hybridized carbons (Fsp3) is 0.615. The van der Waals surface area contributed by atoms with Gasteiger partial charge in [0.15, 0.2) is 11.6 Å². The molecule has 1 saturated carbocycles. The molecule has 1 aromatic rings. The van der Waals surface area contributed by atoms with Gasteiger partial charge in [0.1, 0.15) is 0 Å². The number of pyridine rings is 1. The molecule has 0 aromatic carbocycles. The Morgan fingerprint density at radius 2 is 1.95 bits per heavy atom. The zero-order valence-corrected chi connectivity index (χ0v) is 13.8. The molecule has 3 rings (SSSR count). The van der Waals surface area contributed by atoms with Crippen LogP contribution in [0.25, 0.3) is 0 Å². The van der Waals surface area contributed by atoms with E-state index >= 15 is 0 Å². The Morgan fingerprint density at radius 3 is 2.52 bits per heavy atom. The van der Waals surface area contributed by atoms with E-state index in [-0.39, 0.29) is 17.1 Å². The van der Waals surface area contributed by atoms with Crippen molar-refractivity contribution in [1.29, 1.82) is 0 Å². The zero-order chi connectivity index (χ0) is 15.0. The summed E-state index contributed by atoms with van der Waals surface area (Å²) in [7, 11) is -3.15. The Kier molecular flexibility index (Phi) is 4.20. The largest absolute Gasteiger partial charge is 0.354 e. The van der Waals surface area contributed by atoms with Crippen molar-refractivity contribution in [3.8, 4) is 0 Å². The fourth-order valence-electron chi connectivity index (χ4n) is 2.56. The first kappa shape index (κ1) is 15.2. The lowest BCUT2D eigenvalue weighted by molar-refractivity contribution is 0.453. The molecule has 2 heterocycles. The molecule has 0 amide bonds. The lowest BCUT2D eigenvalue weighted by atomic mass is 10.1. The maximum atomic E-state index is 13.9. The molecule has 1 aromatic heterocycles. The van der Waals surface area contributed by atoms with Crippen LogP contribution in [0.3, 0.4) is 0 Å². The second kappa shape index (κ2) is 5.81. The van der Waals surface area contributed by atoms with Crippen LogP contribution in [-0.2, 0) is 10.0 Å². The van der Waals surface area contributed by atoms with Crippen molar-refractivity contribution >= 4 is 31.8 Å². The molecule has 2 fully saturated rings. The van der Waals surface area contributed by atoms with Gasteiger partial charge in [0.25, 0.3) is 0 Å². The van der Waals surface area contributed by atoms with Crippen LogP contribution in [0.2, 0.25) is 0 Å². The van der Waals surface area contributed by atoms with Crippen LogP contribution in [0.1, 0.15) is 25.7 Å². The second-order valence-corrected chi connectivity index (χ2v) is 8.49. The standard InChI is InChI=1S/C13H17BrFN3O2S/c14-9-7-12(15)13(16-8-9)18-5-3-10(4-6-18)17-21(19,20)11-1-2-11/h7-8,10-11,17H,1-6H2. The maximum Gasteiger partial charge on any atom is 0.214 e. The quantitative estimate of drug-likeness (QED) is 0.871. The lowest BCUT2D eigenvalue weighted by Gasteiger charge is -2.33. The number of halogens is 2. The zero-order valence-electron chi connectivity index (χ0n) is 11.4. The van der Waals surface area contributed by atoms with Crippen LogP contribution >= 0.6 is 15.9 Å². The highest BCUT2D eigenvalue weighted by Gasteiger charge is 2.37. The molecule has 0 unspecified atom stereocenters. The first-order chi connectivity index (χ1) is 9.95. The van der Waals surface area contributed by atoms with Crippen LogP contribution in [-0.4, -0.2) is 37.8 Å². The van der Waals surface area contributed by atoms with Crippen molar-refractivity contribution < 1.29 is 12.8 Å². The molecule has 21 heavy (non-hydrogen) atoms. The number of nitrogens with zero attached hydrogens (tertiary/aromatic N) is 2. The number of nitrogens with one attached hydrogen (secondary N) is 1. The minimum atomic E-state index is -3.15. The molecule has 116 valence electrons. The highest BCUT2D eigenvalue weighted by atomic mass is 79.9. The molecule has 1 aliphatic carbocycles. The molecule has 1 N–H and O–H groups in total. The first-order valence-electron chi connectivity index (χ1n) is 7.03. The summed E-state index contributed by atoms with van der Waals surface area (Å²) in [6.07, 6.45) is 4.44. The summed E-state index contributed by atoms with van der Waals surface area (Å²) in [6, 6.07) is 1.34. The third kappa shape index (κ3) is 3.54. The van der Waals surface area contributed by atoms with E-state index in [4.69, 9.17) is 0 Å². The predicted molar refractivity (Wildman–Crippen MR) is 82.2 cm³/mol. The summed E-state index contributed by atoms with van der Waals surface area (Å²) in [6.45, 7) is 1.20. The minimum Gasteiger partial charge on any atom is -0.354 e. The van der Waals surface area contributed by atoms with Gasteiger partial charge in [-0.25, -0.2) is 22.5 Å². The second-order valence-electron chi connectivity index (χ2n) is 5.58. The minimum absolute atomic E-state index is 0.0506. The number of hydrogen-bond acceptors (Lipinski definition) is 4. The molecule has 0 bridgehead atoms. The van der Waals surface area contributed by atoms with Gasteiger partial charge >= 0.3 is 0 Å². The summed E-state index contributed by atoms with van der Waals surface area (Å²) in [5, 5.41) is -0.193. The molecule has 8 heteroatoms. The number of anilines is 1. The SMILES string of the molecule is O=S(=O)(NC1CCN(c2ncc(Br)cc2F)CC1)C1CC1. The maximum absolute atomic E-state index is 13.9. The van der Waals surface area contributed by atoms with E-state index in [1.807, 2.05) is 4.90 Å². The Morgan fingerprint density at radius 1 is 1.29 bits per heavy atom. The fourth-order valence-corrected chi connectivity index (χ4v) is 4.51. The van der Waals surface area contributed by atoms with E-state index < -0.39 is 10.0 Å². The van der Waals surface area contributed by atoms with Crippen molar-refractivity contribution in [2.24, 2.45) is 0 Å². The van der Waals surface area contributed by atoms with Crippen molar-refractivity contribution in [3.05, 3.63) is 22.6 Å². The average molecular weight is 378 g/mol. The topological polar surface area (TPSA) is 62.3 Å². The van der Waals surface area contributed by atoms with Crippen molar-refractivity contribution in [3.63, 3.8) is 0 Å². The Labute approximate surface area is 132 Å². The molecule has 5 nitrogen and oxygen atoms in total. The summed E-state index contributed by atoms with van der Waals surface area (Å²) in [5.41, 5.74) is 0. The molecule has 0 radical (unpaired) electrons. The van der Waals surface area contributed by atoms with Gasteiger partial charge in [0, 0.05) is 29.8 Å². The third-order valence-electron chi connectivity index (χ3n) is 3.88. The van der Waals surface area contributed by atoms with E-state index in [2.05, 4.69) is 25.6 Å². The number of sulfonamides is 1. The summed E-state index contributed by atoms with van der Waals surface area (Å²) in [5.74, 6) is -0.0249. The molecular formula is C13H17BrFN3O2S. The van der Waals surface area contributed by atoms with Crippen molar-refractivity contribution in [1.82, 2.24) is 9.71 Å². The van der Waals surface area contributed by atoms with Gasteiger partial charge in [0.05, 0.1) is 5.25 Å².